The molecule has 6 aromatic carbocycles. The lowest BCUT2D eigenvalue weighted by Gasteiger charge is -2.63. The summed E-state index contributed by atoms with van der Waals surface area (Å²) in [6, 6.07) is 54.6. The molecular weight excluding hydrogens is 1380 g/mol. The van der Waals surface area contributed by atoms with Crippen LogP contribution in [0.2, 0.25) is 0 Å². The maximum Gasteiger partial charge on any atom is 0.0713 e. The van der Waals surface area contributed by atoms with Crippen LogP contribution >= 0.6 is 0 Å². The van der Waals surface area contributed by atoms with E-state index in [1.807, 2.05) is 0 Å². The summed E-state index contributed by atoms with van der Waals surface area (Å²) in [6.07, 6.45) is 29.4. The Morgan fingerprint density at radius 3 is 1.03 bits per heavy atom. The third-order valence-corrected chi connectivity index (χ3v) is 29.0. The minimum atomic E-state index is -0.293. The van der Waals surface area contributed by atoms with Crippen LogP contribution < -0.4 is 0 Å². The highest BCUT2D eigenvalue weighted by Gasteiger charge is 2.57. The van der Waals surface area contributed by atoms with E-state index in [0.29, 0.717) is 29.1 Å². The summed E-state index contributed by atoms with van der Waals surface area (Å²) in [7, 11) is 0. The zero-order chi connectivity index (χ0) is 84.4. The van der Waals surface area contributed by atoms with Gasteiger partial charge in [-0.25, -0.2) is 0 Å². The first kappa shape index (κ1) is 95.7. The lowest BCUT2D eigenvalue weighted by Crippen LogP contribution is -2.52. The topological polar surface area (TPSA) is 3.24 Å². The predicted octanol–water partition coefficient (Wildman–Crippen LogP) is 34.0. The zero-order valence-corrected chi connectivity index (χ0v) is 80.3. The van der Waals surface area contributed by atoms with E-state index in [1.54, 1.807) is 64.2 Å². The molecule has 0 amide bonds. The first-order chi connectivity index (χ1) is 54.2. The lowest BCUT2D eigenvalue weighted by atomic mass is 9.42. The van der Waals surface area contributed by atoms with E-state index < -0.39 is 0 Å². The molecule has 0 N–H and O–H groups in total. The minimum Gasteiger partial charge on any atom is -0.303 e. The average molecular weight is 1560 g/mol. The third kappa shape index (κ3) is 26.9. The van der Waals surface area contributed by atoms with Gasteiger partial charge in [-0.2, -0.15) is 0 Å². The van der Waals surface area contributed by atoms with Crippen molar-refractivity contribution in [3.05, 3.63) is 201 Å². The SMILES string of the molecule is CC(C)C12CC3CC(CC(C)(C3)C1)C2.CC(C)CC(CC(C)C)(CC(C)C)CC(C)C.CC(C)CC1CC2C3CC(CC(C)C)C(C3)C2C1.CC(C)CCN(CCC(C)C)CCC(C)C.CC(C)c1ccc(C2(c3ccc(C(C)C)cc3)c3ccccc3-c3ccccc32)cc1.CC(C)c1ccc(Cc2ccc(C(C)C)cc2)cc1. The molecule has 7 fully saturated rings. The van der Waals surface area contributed by atoms with E-state index in [1.165, 1.54) is 144 Å². The van der Waals surface area contributed by atoms with Gasteiger partial charge in [0, 0.05) is 0 Å². The molecule has 1 heteroatoms. The van der Waals surface area contributed by atoms with Gasteiger partial charge in [0.25, 0.3) is 0 Å². The van der Waals surface area contributed by atoms with Gasteiger partial charge in [0.05, 0.1) is 5.41 Å². The molecule has 6 bridgehead atoms. The summed E-state index contributed by atoms with van der Waals surface area (Å²) in [5.41, 5.74) is 18.3. The maximum atomic E-state index is 2.67. The molecule has 0 saturated heterocycles. The van der Waals surface area contributed by atoms with Gasteiger partial charge in [0.2, 0.25) is 0 Å². The molecule has 0 spiro atoms. The second-order valence-electron chi connectivity index (χ2n) is 45.5. The van der Waals surface area contributed by atoms with Gasteiger partial charge in [-0.3, -0.25) is 0 Å². The van der Waals surface area contributed by atoms with Gasteiger partial charge in [-0.1, -0.05) is 346 Å². The number of rotatable bonds is 30. The van der Waals surface area contributed by atoms with Crippen molar-refractivity contribution in [2.75, 3.05) is 19.6 Å². The molecule has 0 radical (unpaired) electrons. The van der Waals surface area contributed by atoms with Crippen LogP contribution in [0.25, 0.3) is 11.1 Å². The van der Waals surface area contributed by atoms with Crippen LogP contribution in [0.4, 0.5) is 0 Å². The number of benzene rings is 6. The molecule has 8 atom stereocenters. The average Bonchev–Trinajstić information content (AvgIpc) is 1.72. The lowest BCUT2D eigenvalue weighted by molar-refractivity contribution is -0.122. The van der Waals surface area contributed by atoms with Gasteiger partial charge >= 0.3 is 0 Å². The number of hydrogen-bond donors (Lipinski definition) is 0. The third-order valence-electron chi connectivity index (χ3n) is 29.0. The molecule has 0 aromatic heterocycles. The molecule has 0 aliphatic heterocycles. The van der Waals surface area contributed by atoms with Crippen LogP contribution in [0.5, 0.6) is 0 Å². The summed E-state index contributed by atoms with van der Waals surface area (Å²) in [5, 5.41) is 0. The Morgan fingerprint density at radius 2 is 0.704 bits per heavy atom. The zero-order valence-electron chi connectivity index (χ0n) is 80.3. The van der Waals surface area contributed by atoms with Crippen LogP contribution in [0.1, 0.15) is 402 Å². The quantitative estimate of drug-likeness (QED) is 0.0434. The number of nitrogens with zero attached hydrogens (tertiary/aromatic N) is 1. The fourth-order valence-corrected chi connectivity index (χ4v) is 24.7. The van der Waals surface area contributed by atoms with E-state index in [9.17, 15) is 0 Å². The molecular formula is C114H179N. The first-order valence-corrected chi connectivity index (χ1v) is 48.5. The van der Waals surface area contributed by atoms with E-state index >= 15 is 0 Å². The molecule has 640 valence electrons. The van der Waals surface area contributed by atoms with E-state index in [-0.39, 0.29) is 5.41 Å². The van der Waals surface area contributed by atoms with Crippen molar-refractivity contribution >= 4 is 0 Å². The highest BCUT2D eigenvalue weighted by molar-refractivity contribution is 5.86. The van der Waals surface area contributed by atoms with E-state index in [0.717, 1.165) is 124 Å². The Labute approximate surface area is 713 Å². The minimum absolute atomic E-state index is 0.293. The van der Waals surface area contributed by atoms with Crippen molar-refractivity contribution < 1.29 is 0 Å². The van der Waals surface area contributed by atoms with Gasteiger partial charge in [0.1, 0.15) is 0 Å². The summed E-state index contributed by atoms with van der Waals surface area (Å²) in [4.78, 5) is 2.67. The van der Waals surface area contributed by atoms with Crippen molar-refractivity contribution in [3.8, 4) is 11.1 Å². The van der Waals surface area contributed by atoms with E-state index in [4.69, 9.17) is 0 Å². The summed E-state index contributed by atoms with van der Waals surface area (Å²) in [6.45, 7) is 72.0. The van der Waals surface area contributed by atoms with Gasteiger partial charge in [0.15, 0.2) is 0 Å². The number of hydrogen-bond acceptors (Lipinski definition) is 1. The Hall–Kier alpha value is -4.72. The fraction of sp³-hybridized carbons (Fsp3) is 0.684. The van der Waals surface area contributed by atoms with Crippen LogP contribution in [0.15, 0.2) is 146 Å². The second kappa shape index (κ2) is 43.7. The normalized spacial score (nSPS) is 23.4. The van der Waals surface area contributed by atoms with Gasteiger partial charge in [-0.15, -0.1) is 0 Å². The van der Waals surface area contributed by atoms with Crippen LogP contribution in [-0.4, -0.2) is 24.5 Å². The molecule has 7 saturated carbocycles. The summed E-state index contributed by atoms with van der Waals surface area (Å²) >= 11 is 0. The molecule has 0 heterocycles. The molecule has 8 aliphatic carbocycles. The Balaban J connectivity index is 0.000000177. The molecule has 8 unspecified atom stereocenters. The van der Waals surface area contributed by atoms with Crippen molar-refractivity contribution in [2.45, 2.75) is 358 Å². The standard InChI is InChI=1S/C31H30.C19H24.C18H32.C17H36.C15H33N.C14H24/c1-21(2)23-13-17-25(18-14-23)31(26-19-15-24(16-20-26)22(3)4)29-11-7-5-9-27(29)28-10-6-8-12-30(28)31;1-14(2)18-9-5-16(6-10-18)13-17-7-11-19(12-8-17)15(3)4;1-11(2)5-13-7-16-15-9-14(6-12(3)4)17(10-15)18(16)8-13;1-13(2)9-17(10-14(3)4,11-15(5)6)12-16(7)8;1-13(2)7-10-16(11-8-14(3)4)12-9-15(5)6;1-10(2)14-7-11-4-12(8-14)6-13(3,5-11)9-14/h5-22H,1-4H3;5-12,14-15H,13H2,1-4H3;11-18H,5-10H2,1-4H3;13-16H,9-12H2,1-8H3;13-15H,7-12H2,1-6H3;10-12H,4-9H2,1-3H3. The largest absolute Gasteiger partial charge is 0.303 e. The van der Waals surface area contributed by atoms with E-state index in [2.05, 4.69) is 351 Å². The van der Waals surface area contributed by atoms with Crippen LogP contribution in [-0.2, 0) is 11.8 Å². The smallest absolute Gasteiger partial charge is 0.0713 e. The first-order valence-electron chi connectivity index (χ1n) is 48.5. The molecule has 14 rings (SSSR count). The molecule has 1 nitrogen and oxygen atoms in total. The fourth-order valence-electron chi connectivity index (χ4n) is 24.7. The summed E-state index contributed by atoms with van der Waals surface area (Å²) < 4.78 is 0. The van der Waals surface area contributed by atoms with Crippen molar-refractivity contribution in [1.29, 1.82) is 0 Å². The van der Waals surface area contributed by atoms with Gasteiger partial charge < -0.3 is 4.90 Å². The second-order valence-corrected chi connectivity index (χ2v) is 45.5. The van der Waals surface area contributed by atoms with Crippen molar-refractivity contribution in [2.24, 2.45) is 123 Å². The van der Waals surface area contributed by atoms with Crippen molar-refractivity contribution in [3.63, 3.8) is 0 Å². The Kier molecular flexibility index (Phi) is 36.4. The van der Waals surface area contributed by atoms with Crippen LogP contribution in [0.3, 0.4) is 0 Å². The monoisotopic (exact) mass is 1560 g/mol. The Morgan fingerprint density at radius 1 is 0.348 bits per heavy atom. The molecule has 115 heavy (non-hydrogen) atoms. The van der Waals surface area contributed by atoms with Crippen molar-refractivity contribution in [1.82, 2.24) is 4.90 Å². The molecule has 6 aromatic rings. The van der Waals surface area contributed by atoms with Gasteiger partial charge in [-0.05, 0) is 361 Å². The maximum absolute atomic E-state index is 2.67. The summed E-state index contributed by atoms with van der Waals surface area (Å²) in [5.74, 6) is 19.8. The molecule has 8 aliphatic rings. The highest BCUT2D eigenvalue weighted by atomic mass is 15.1. The highest BCUT2D eigenvalue weighted by Crippen LogP contribution is 2.68. The van der Waals surface area contributed by atoms with Crippen LogP contribution in [0, 0.1) is 123 Å². The predicted molar refractivity (Wildman–Crippen MR) is 509 cm³/mol. The number of fused-ring (bicyclic) bond motifs is 8. The Bertz CT molecular complexity index is 3490.